The zero-order valence-electron chi connectivity index (χ0n) is 19.3. The first-order valence-corrected chi connectivity index (χ1v) is 11.9. The first-order chi connectivity index (χ1) is 16.0. The van der Waals surface area contributed by atoms with Crippen molar-refractivity contribution in [2.75, 3.05) is 26.2 Å². The third kappa shape index (κ3) is 4.53. The summed E-state index contributed by atoms with van der Waals surface area (Å²) in [5, 5.41) is 7.05. The van der Waals surface area contributed by atoms with E-state index >= 15 is 0 Å². The minimum atomic E-state index is -0.155. The maximum atomic E-state index is 13.0. The van der Waals surface area contributed by atoms with Crippen LogP contribution in [0.5, 0.6) is 0 Å². The number of hydrogen-bond acceptors (Lipinski definition) is 4. The van der Waals surface area contributed by atoms with E-state index in [4.69, 9.17) is 4.42 Å². The molecule has 3 fully saturated rings. The molecule has 2 aromatic carbocycles. The number of hydrogen-bond donors (Lipinski definition) is 2. The van der Waals surface area contributed by atoms with Crippen LogP contribution < -0.4 is 10.6 Å². The fourth-order valence-corrected chi connectivity index (χ4v) is 5.00. The number of rotatable bonds is 6. The van der Waals surface area contributed by atoms with Gasteiger partial charge in [-0.1, -0.05) is 44.2 Å². The molecule has 4 heterocycles. The van der Waals surface area contributed by atoms with Crippen molar-refractivity contribution in [3.63, 3.8) is 0 Å². The first-order valence-electron chi connectivity index (χ1n) is 11.9. The van der Waals surface area contributed by atoms with Gasteiger partial charge in [0.15, 0.2) is 5.76 Å². The van der Waals surface area contributed by atoms with E-state index in [2.05, 4.69) is 29.4 Å². The number of furan rings is 1. The highest BCUT2D eigenvalue weighted by molar-refractivity contribution is 6.01. The van der Waals surface area contributed by atoms with Gasteiger partial charge in [-0.25, -0.2) is 0 Å². The Labute approximate surface area is 194 Å². The van der Waals surface area contributed by atoms with E-state index in [9.17, 15) is 9.59 Å². The molecule has 6 nitrogen and oxygen atoms in total. The lowest BCUT2D eigenvalue weighted by Crippen LogP contribution is -2.57. The molecule has 2 bridgehead atoms. The number of para-hydroxylation sites is 1. The van der Waals surface area contributed by atoms with Crippen LogP contribution in [-0.4, -0.2) is 48.9 Å². The predicted octanol–water partition coefficient (Wildman–Crippen LogP) is 4.31. The Morgan fingerprint density at radius 1 is 1.06 bits per heavy atom. The summed E-state index contributed by atoms with van der Waals surface area (Å²) >= 11 is 0. The molecule has 6 rings (SSSR count). The van der Waals surface area contributed by atoms with Crippen LogP contribution in [0.1, 0.15) is 47.6 Å². The fraction of sp³-hybridized carbons (Fsp3) is 0.407. The summed E-state index contributed by atoms with van der Waals surface area (Å²) in [5.74, 6) is 1.04. The number of carbonyl (C=O) groups excluding carboxylic acids is 2. The average molecular weight is 446 g/mol. The van der Waals surface area contributed by atoms with E-state index in [-0.39, 0.29) is 17.9 Å². The Bertz CT molecular complexity index is 1170. The summed E-state index contributed by atoms with van der Waals surface area (Å²) in [6, 6.07) is 15.4. The van der Waals surface area contributed by atoms with Crippen molar-refractivity contribution >= 4 is 22.8 Å². The second kappa shape index (κ2) is 9.02. The lowest BCUT2D eigenvalue weighted by molar-refractivity contribution is 0.0607. The van der Waals surface area contributed by atoms with Gasteiger partial charge in [0.1, 0.15) is 5.58 Å². The molecule has 0 aliphatic carbocycles. The summed E-state index contributed by atoms with van der Waals surface area (Å²) in [4.78, 5) is 28.0. The van der Waals surface area contributed by atoms with Gasteiger partial charge in [0.2, 0.25) is 0 Å². The molecule has 1 aromatic heterocycles. The van der Waals surface area contributed by atoms with Gasteiger partial charge < -0.3 is 20.0 Å². The minimum Gasteiger partial charge on any atom is -0.450 e. The SMILES string of the molecule is CC(C)CNC(=O)c1cccc(-c2cccc3cc(C(=O)N[C@@H]4CN5CCC4CC5)oc23)c1. The molecule has 172 valence electrons. The van der Waals surface area contributed by atoms with Gasteiger partial charge in [-0.05, 0) is 61.5 Å². The number of nitrogens with one attached hydrogen (secondary N) is 2. The van der Waals surface area contributed by atoms with Crippen molar-refractivity contribution in [1.82, 2.24) is 15.5 Å². The van der Waals surface area contributed by atoms with Crippen molar-refractivity contribution in [3.05, 3.63) is 59.9 Å². The van der Waals surface area contributed by atoms with Crippen molar-refractivity contribution in [2.24, 2.45) is 11.8 Å². The van der Waals surface area contributed by atoms with E-state index in [0.29, 0.717) is 35.3 Å². The maximum Gasteiger partial charge on any atom is 0.287 e. The second-order valence-corrected chi connectivity index (χ2v) is 9.74. The Balaban J connectivity index is 1.39. The maximum absolute atomic E-state index is 13.0. The molecule has 3 aromatic rings. The van der Waals surface area contributed by atoms with Crippen LogP contribution in [-0.2, 0) is 0 Å². The van der Waals surface area contributed by atoms with Crippen LogP contribution in [0.2, 0.25) is 0 Å². The van der Waals surface area contributed by atoms with Crippen molar-refractivity contribution < 1.29 is 14.0 Å². The van der Waals surface area contributed by atoms with Crippen LogP contribution in [0.25, 0.3) is 22.1 Å². The smallest absolute Gasteiger partial charge is 0.287 e. The monoisotopic (exact) mass is 445 g/mol. The Morgan fingerprint density at radius 3 is 2.58 bits per heavy atom. The Morgan fingerprint density at radius 2 is 1.85 bits per heavy atom. The molecule has 3 aliphatic rings. The van der Waals surface area contributed by atoms with Gasteiger partial charge in [0, 0.05) is 35.6 Å². The molecule has 6 heteroatoms. The summed E-state index contributed by atoms with van der Waals surface area (Å²) in [6.45, 7) is 7.97. The lowest BCUT2D eigenvalue weighted by Gasteiger charge is -2.44. The molecule has 2 amide bonds. The molecule has 33 heavy (non-hydrogen) atoms. The average Bonchev–Trinajstić information content (AvgIpc) is 3.28. The molecule has 3 aliphatic heterocycles. The molecule has 0 saturated carbocycles. The zero-order valence-corrected chi connectivity index (χ0v) is 19.3. The van der Waals surface area contributed by atoms with Gasteiger partial charge in [0.05, 0.1) is 0 Å². The Kier molecular flexibility index (Phi) is 5.94. The highest BCUT2D eigenvalue weighted by Crippen LogP contribution is 2.32. The molecule has 2 N–H and O–H groups in total. The number of piperidine rings is 3. The normalized spacial score (nSPS) is 22.0. The van der Waals surface area contributed by atoms with Crippen molar-refractivity contribution in [2.45, 2.75) is 32.7 Å². The number of nitrogens with zero attached hydrogens (tertiary/aromatic N) is 1. The molecule has 1 atom stereocenters. The number of fused-ring (bicyclic) bond motifs is 4. The van der Waals surface area contributed by atoms with Gasteiger partial charge in [-0.3, -0.25) is 9.59 Å². The van der Waals surface area contributed by atoms with Crippen molar-refractivity contribution in [1.29, 1.82) is 0 Å². The summed E-state index contributed by atoms with van der Waals surface area (Å²) in [5.41, 5.74) is 3.03. The highest BCUT2D eigenvalue weighted by Gasteiger charge is 2.35. The van der Waals surface area contributed by atoms with Gasteiger partial charge in [-0.2, -0.15) is 0 Å². The summed E-state index contributed by atoms with van der Waals surface area (Å²) < 4.78 is 6.09. The highest BCUT2D eigenvalue weighted by atomic mass is 16.3. The van der Waals surface area contributed by atoms with E-state index in [1.165, 1.54) is 0 Å². The van der Waals surface area contributed by atoms with Crippen LogP contribution in [0.4, 0.5) is 0 Å². The summed E-state index contributed by atoms with van der Waals surface area (Å²) in [6.07, 6.45) is 2.30. The predicted molar refractivity (Wildman–Crippen MR) is 129 cm³/mol. The second-order valence-electron chi connectivity index (χ2n) is 9.74. The van der Waals surface area contributed by atoms with E-state index in [1.807, 2.05) is 48.5 Å². The van der Waals surface area contributed by atoms with E-state index in [0.717, 1.165) is 49.0 Å². The van der Waals surface area contributed by atoms with Crippen LogP contribution in [0.3, 0.4) is 0 Å². The minimum absolute atomic E-state index is 0.0882. The number of carbonyl (C=O) groups is 2. The number of amides is 2. The van der Waals surface area contributed by atoms with Gasteiger partial charge in [0.25, 0.3) is 11.8 Å². The van der Waals surface area contributed by atoms with E-state index in [1.54, 1.807) is 0 Å². The standard InChI is InChI=1S/C27H31N3O3/c1-17(2)15-28-26(31)21-7-3-5-19(13-21)22-8-4-6-20-14-24(33-25(20)22)27(32)29-23-16-30-11-9-18(23)10-12-30/h3-8,13-14,17-18,23H,9-12,15-16H2,1-2H3,(H,28,31)(H,29,32)/t23-/m1/s1. The van der Waals surface area contributed by atoms with Gasteiger partial charge in [-0.15, -0.1) is 0 Å². The lowest BCUT2D eigenvalue weighted by atomic mass is 9.84. The molecular formula is C27H31N3O3. The van der Waals surface area contributed by atoms with E-state index < -0.39 is 0 Å². The van der Waals surface area contributed by atoms with Crippen LogP contribution in [0.15, 0.2) is 52.9 Å². The molecule has 3 saturated heterocycles. The largest absolute Gasteiger partial charge is 0.450 e. The zero-order chi connectivity index (χ0) is 22.9. The molecule has 0 unspecified atom stereocenters. The molecule has 0 spiro atoms. The van der Waals surface area contributed by atoms with Crippen LogP contribution >= 0.6 is 0 Å². The number of benzene rings is 2. The topological polar surface area (TPSA) is 74.6 Å². The summed E-state index contributed by atoms with van der Waals surface area (Å²) in [7, 11) is 0. The van der Waals surface area contributed by atoms with Gasteiger partial charge >= 0.3 is 0 Å². The third-order valence-electron chi connectivity index (χ3n) is 6.85. The third-order valence-corrected chi connectivity index (χ3v) is 6.85. The Hall–Kier alpha value is -3.12. The molecule has 0 radical (unpaired) electrons. The fourth-order valence-electron chi connectivity index (χ4n) is 5.00. The van der Waals surface area contributed by atoms with Crippen molar-refractivity contribution in [3.8, 4) is 11.1 Å². The van der Waals surface area contributed by atoms with Crippen LogP contribution in [0, 0.1) is 11.8 Å². The quantitative estimate of drug-likeness (QED) is 0.593. The molecular weight excluding hydrogens is 414 g/mol. The first kappa shape index (κ1) is 21.7.